The molecule has 0 aliphatic carbocycles. The summed E-state index contributed by atoms with van der Waals surface area (Å²) in [6, 6.07) is 0. The molecule has 2 heteroatoms. The van der Waals surface area contributed by atoms with Crippen LogP contribution in [0.4, 0.5) is 0 Å². The Labute approximate surface area is 124 Å². The minimum absolute atomic E-state index is 0.116. The predicted molar refractivity (Wildman–Crippen MR) is 92.7 cm³/mol. The van der Waals surface area contributed by atoms with E-state index in [0.717, 1.165) is 12.0 Å². The second kappa shape index (κ2) is 43.4. The van der Waals surface area contributed by atoms with E-state index in [1.807, 2.05) is 55.4 Å². The van der Waals surface area contributed by atoms with Crippen LogP contribution >= 0.6 is 0 Å². The molecule has 0 aromatic heterocycles. The van der Waals surface area contributed by atoms with Gasteiger partial charge in [-0.05, 0) is 13.3 Å². The molecule has 0 spiro atoms. The summed E-state index contributed by atoms with van der Waals surface area (Å²) in [6.07, 6.45) is 2.77. The van der Waals surface area contributed by atoms with Gasteiger partial charge in [0.1, 0.15) is 0 Å². The molecule has 0 aromatic rings. The Morgan fingerprint density at radius 1 is 0.947 bits per heavy atom. The molecule has 120 valence electrons. The normalized spacial score (nSPS) is 6.63. The zero-order valence-electron chi connectivity index (χ0n) is 15.4. The molecule has 0 radical (unpaired) electrons. The van der Waals surface area contributed by atoms with Crippen LogP contribution in [0.25, 0.3) is 0 Å². The Bertz CT molecular complexity index is 142. The fourth-order valence-electron chi connectivity index (χ4n) is 0.565. The maximum Gasteiger partial charge on any atom is 0.220 e. The molecule has 0 saturated heterocycles. The van der Waals surface area contributed by atoms with Crippen LogP contribution in [0, 0.1) is 0 Å². The molecule has 0 rings (SSSR count). The van der Waals surface area contributed by atoms with Crippen molar-refractivity contribution in [2.45, 2.75) is 88.5 Å². The average Bonchev–Trinajstić information content (AvgIpc) is 2.44. The summed E-state index contributed by atoms with van der Waals surface area (Å²) in [7, 11) is 0. The van der Waals surface area contributed by atoms with E-state index in [2.05, 4.69) is 25.7 Å². The van der Waals surface area contributed by atoms with Gasteiger partial charge in [0.2, 0.25) is 5.91 Å². The van der Waals surface area contributed by atoms with Crippen molar-refractivity contribution in [1.82, 2.24) is 5.32 Å². The van der Waals surface area contributed by atoms with Crippen LogP contribution < -0.4 is 5.32 Å². The molecule has 0 atom stereocenters. The summed E-state index contributed by atoms with van der Waals surface area (Å²) >= 11 is 0. The van der Waals surface area contributed by atoms with Crippen molar-refractivity contribution in [2.24, 2.45) is 0 Å². The van der Waals surface area contributed by atoms with Crippen molar-refractivity contribution in [3.8, 4) is 0 Å². The smallest absolute Gasteiger partial charge is 0.220 e. The minimum atomic E-state index is 0.116. The van der Waals surface area contributed by atoms with Crippen molar-refractivity contribution >= 4 is 5.91 Å². The van der Waals surface area contributed by atoms with Crippen LogP contribution in [-0.4, -0.2) is 12.5 Å². The monoisotopic (exact) mass is 275 g/mol. The second-order valence-corrected chi connectivity index (χ2v) is 3.19. The number of rotatable bonds is 4. The van der Waals surface area contributed by atoms with E-state index in [-0.39, 0.29) is 5.91 Å². The van der Waals surface area contributed by atoms with Crippen molar-refractivity contribution in [3.63, 3.8) is 0 Å². The lowest BCUT2D eigenvalue weighted by atomic mass is 10.3. The molecule has 0 saturated carbocycles. The van der Waals surface area contributed by atoms with Gasteiger partial charge in [-0.25, -0.2) is 0 Å². The van der Waals surface area contributed by atoms with E-state index in [0.29, 0.717) is 13.0 Å². The van der Waals surface area contributed by atoms with Crippen LogP contribution in [0.5, 0.6) is 0 Å². The predicted octanol–water partition coefficient (Wildman–Crippen LogP) is 5.97. The highest BCUT2D eigenvalue weighted by molar-refractivity contribution is 5.75. The van der Waals surface area contributed by atoms with Gasteiger partial charge in [-0.3, -0.25) is 4.79 Å². The molecule has 1 N–H and O–H groups in total. The first kappa shape index (κ1) is 30.9. The number of carbonyl (C=O) groups excluding carboxylic acids is 1. The maximum absolute atomic E-state index is 10.8. The van der Waals surface area contributed by atoms with Crippen molar-refractivity contribution in [1.29, 1.82) is 0 Å². The highest BCUT2D eigenvalue weighted by Crippen LogP contribution is 1.87. The third kappa shape index (κ3) is 76.6. The lowest BCUT2D eigenvalue weighted by molar-refractivity contribution is -0.120. The molecule has 0 unspecified atom stereocenters. The molecule has 0 bridgehead atoms. The maximum atomic E-state index is 10.8. The van der Waals surface area contributed by atoms with Gasteiger partial charge in [-0.1, -0.05) is 80.9 Å². The van der Waals surface area contributed by atoms with Gasteiger partial charge in [0.25, 0.3) is 0 Å². The number of nitrogens with one attached hydrogen (secondary N) is 1. The fraction of sp³-hybridized carbons (Fsp3) is 0.824. The summed E-state index contributed by atoms with van der Waals surface area (Å²) in [5.74, 6) is 0.116. The molecule has 19 heavy (non-hydrogen) atoms. The number of hydrogen-bond acceptors (Lipinski definition) is 1. The zero-order chi connectivity index (χ0) is 16.7. The third-order valence-corrected chi connectivity index (χ3v) is 1.06. The van der Waals surface area contributed by atoms with E-state index in [1.165, 1.54) is 6.42 Å². The van der Waals surface area contributed by atoms with Gasteiger partial charge >= 0.3 is 0 Å². The van der Waals surface area contributed by atoms with Crippen LogP contribution in [0.3, 0.4) is 0 Å². The Kier molecular flexibility index (Phi) is 70.6. The van der Waals surface area contributed by atoms with Gasteiger partial charge in [-0.2, -0.15) is 0 Å². The molecule has 2 nitrogen and oxygen atoms in total. The van der Waals surface area contributed by atoms with Crippen LogP contribution in [0.15, 0.2) is 12.2 Å². The summed E-state index contributed by atoms with van der Waals surface area (Å²) < 4.78 is 0. The molecule has 1 amide bonds. The standard InChI is InChI=1S/C8H15NO.C3H8.3C2H6/c1-4-5-8(10)9-6-7(2)3;1-3-2;3*1-2/h2,4-6H2,1,3H3,(H,9,10);3H2,1-2H3;3*1-2H3. The first-order valence-corrected chi connectivity index (χ1v) is 7.99. The Balaban J connectivity index is -0.0000000607. The first-order chi connectivity index (χ1) is 9.08. The molecular weight excluding hydrogens is 234 g/mol. The Morgan fingerprint density at radius 2 is 1.26 bits per heavy atom. The summed E-state index contributed by atoms with van der Waals surface area (Å²) in [5.41, 5.74) is 0.990. The van der Waals surface area contributed by atoms with Crippen LogP contribution in [0.2, 0.25) is 0 Å². The van der Waals surface area contributed by atoms with Gasteiger partial charge in [0.15, 0.2) is 0 Å². The molecule has 0 aliphatic rings. The summed E-state index contributed by atoms with van der Waals surface area (Å²) in [5, 5.41) is 2.74. The SMILES string of the molecule is C=C(C)CNC(=O)CCC.CC.CC.CC.CCC. The third-order valence-electron chi connectivity index (χ3n) is 1.06. The second-order valence-electron chi connectivity index (χ2n) is 3.19. The van der Waals surface area contributed by atoms with E-state index in [1.54, 1.807) is 0 Å². The van der Waals surface area contributed by atoms with Crippen LogP contribution in [-0.2, 0) is 4.79 Å². The highest BCUT2D eigenvalue weighted by atomic mass is 16.1. The van der Waals surface area contributed by atoms with Crippen molar-refractivity contribution in [3.05, 3.63) is 12.2 Å². The fourth-order valence-corrected chi connectivity index (χ4v) is 0.565. The van der Waals surface area contributed by atoms with Gasteiger partial charge in [0, 0.05) is 13.0 Å². The topological polar surface area (TPSA) is 29.1 Å². The summed E-state index contributed by atoms with van der Waals surface area (Å²) in [4.78, 5) is 10.8. The first-order valence-electron chi connectivity index (χ1n) is 7.99. The Hall–Kier alpha value is -0.790. The Morgan fingerprint density at radius 3 is 1.47 bits per heavy atom. The van der Waals surface area contributed by atoms with Crippen molar-refractivity contribution < 1.29 is 4.79 Å². The van der Waals surface area contributed by atoms with Gasteiger partial charge in [-0.15, -0.1) is 0 Å². The summed E-state index contributed by atoms with van der Waals surface area (Å²) in [6.45, 7) is 24.4. The van der Waals surface area contributed by atoms with E-state index in [4.69, 9.17) is 0 Å². The minimum Gasteiger partial charge on any atom is -0.352 e. The van der Waals surface area contributed by atoms with Crippen LogP contribution in [0.1, 0.15) is 88.5 Å². The molecule has 0 heterocycles. The zero-order valence-corrected chi connectivity index (χ0v) is 15.4. The number of carbonyl (C=O) groups is 1. The average molecular weight is 276 g/mol. The van der Waals surface area contributed by atoms with E-state index in [9.17, 15) is 4.79 Å². The molecule has 0 aliphatic heterocycles. The molecule has 0 aromatic carbocycles. The lowest BCUT2D eigenvalue weighted by Crippen LogP contribution is -2.24. The van der Waals surface area contributed by atoms with Gasteiger partial charge in [0.05, 0.1) is 0 Å². The van der Waals surface area contributed by atoms with E-state index < -0.39 is 0 Å². The van der Waals surface area contributed by atoms with Crippen molar-refractivity contribution in [2.75, 3.05) is 6.54 Å². The van der Waals surface area contributed by atoms with Gasteiger partial charge < -0.3 is 5.32 Å². The lowest BCUT2D eigenvalue weighted by Gasteiger charge is -2.01. The largest absolute Gasteiger partial charge is 0.352 e. The molecule has 0 fully saturated rings. The highest BCUT2D eigenvalue weighted by Gasteiger charge is 1.95. The van der Waals surface area contributed by atoms with E-state index >= 15 is 0 Å². The number of hydrogen-bond donors (Lipinski definition) is 1. The number of amides is 1. The molecular formula is C17H41NO. The quantitative estimate of drug-likeness (QED) is 0.629.